The van der Waals surface area contributed by atoms with Gasteiger partial charge in [-0.3, -0.25) is 4.79 Å². The third-order valence-corrected chi connectivity index (χ3v) is 3.81. The van der Waals surface area contributed by atoms with Crippen molar-refractivity contribution in [2.24, 2.45) is 5.92 Å². The SMILES string of the molecule is CC(C)CC(=O)NC(c1ccc(F)cc1)c1nnc(-c2ccccc2)o1. The summed E-state index contributed by atoms with van der Waals surface area (Å²) in [4.78, 5) is 12.3. The summed E-state index contributed by atoms with van der Waals surface area (Å²) in [5, 5.41) is 11.1. The molecular formula is C20H20FN3O2. The fourth-order valence-corrected chi connectivity index (χ4v) is 2.58. The van der Waals surface area contributed by atoms with Crippen molar-refractivity contribution in [2.45, 2.75) is 26.3 Å². The van der Waals surface area contributed by atoms with Gasteiger partial charge in [0.25, 0.3) is 0 Å². The molecule has 134 valence electrons. The maximum Gasteiger partial charge on any atom is 0.247 e. The molecule has 1 heterocycles. The minimum absolute atomic E-state index is 0.131. The van der Waals surface area contributed by atoms with E-state index in [4.69, 9.17) is 4.42 Å². The number of halogens is 1. The van der Waals surface area contributed by atoms with E-state index >= 15 is 0 Å². The predicted octanol–water partition coefficient (Wildman–Crippen LogP) is 4.13. The number of aromatic nitrogens is 2. The molecule has 0 fully saturated rings. The summed E-state index contributed by atoms with van der Waals surface area (Å²) in [5.74, 6) is 0.357. The van der Waals surface area contributed by atoms with Gasteiger partial charge in [0.1, 0.15) is 11.9 Å². The summed E-state index contributed by atoms with van der Waals surface area (Å²) in [6, 6.07) is 14.6. The molecule has 0 aliphatic rings. The predicted molar refractivity (Wildman–Crippen MR) is 95.6 cm³/mol. The number of nitrogens with zero attached hydrogens (tertiary/aromatic N) is 2. The monoisotopic (exact) mass is 353 g/mol. The lowest BCUT2D eigenvalue weighted by atomic mass is 10.1. The van der Waals surface area contributed by atoms with Crippen LogP contribution in [-0.4, -0.2) is 16.1 Å². The molecule has 1 atom stereocenters. The van der Waals surface area contributed by atoms with Gasteiger partial charge in [-0.15, -0.1) is 10.2 Å². The normalized spacial score (nSPS) is 12.2. The minimum atomic E-state index is -0.633. The lowest BCUT2D eigenvalue weighted by molar-refractivity contribution is -0.122. The molecule has 0 saturated heterocycles. The van der Waals surface area contributed by atoms with Gasteiger partial charge in [-0.25, -0.2) is 4.39 Å². The summed E-state index contributed by atoms with van der Waals surface area (Å²) in [5.41, 5.74) is 1.46. The molecule has 0 bridgehead atoms. The first-order valence-corrected chi connectivity index (χ1v) is 8.46. The van der Waals surface area contributed by atoms with Crippen molar-refractivity contribution in [1.29, 1.82) is 0 Å². The fraction of sp³-hybridized carbons (Fsp3) is 0.250. The number of rotatable bonds is 6. The van der Waals surface area contributed by atoms with E-state index in [-0.39, 0.29) is 23.5 Å². The van der Waals surface area contributed by atoms with Crippen LogP contribution in [0, 0.1) is 11.7 Å². The number of amides is 1. The van der Waals surface area contributed by atoms with E-state index in [1.807, 2.05) is 44.2 Å². The molecule has 1 aromatic heterocycles. The fourth-order valence-electron chi connectivity index (χ4n) is 2.58. The van der Waals surface area contributed by atoms with Crippen molar-refractivity contribution in [2.75, 3.05) is 0 Å². The van der Waals surface area contributed by atoms with Gasteiger partial charge in [-0.05, 0) is 35.7 Å². The largest absolute Gasteiger partial charge is 0.418 e. The molecule has 6 heteroatoms. The molecule has 26 heavy (non-hydrogen) atoms. The second-order valence-corrected chi connectivity index (χ2v) is 6.46. The van der Waals surface area contributed by atoms with Crippen molar-refractivity contribution >= 4 is 5.91 Å². The van der Waals surface area contributed by atoms with Gasteiger partial charge in [-0.2, -0.15) is 0 Å². The molecule has 0 aliphatic carbocycles. The van der Waals surface area contributed by atoms with Gasteiger partial charge in [0, 0.05) is 12.0 Å². The van der Waals surface area contributed by atoms with E-state index in [2.05, 4.69) is 15.5 Å². The van der Waals surface area contributed by atoms with E-state index in [0.29, 0.717) is 17.9 Å². The number of hydrogen-bond acceptors (Lipinski definition) is 4. The van der Waals surface area contributed by atoms with Crippen LogP contribution in [-0.2, 0) is 4.79 Å². The Morgan fingerprint density at radius 1 is 1.08 bits per heavy atom. The van der Waals surface area contributed by atoms with Gasteiger partial charge < -0.3 is 9.73 Å². The zero-order valence-electron chi connectivity index (χ0n) is 14.6. The first-order valence-electron chi connectivity index (χ1n) is 8.46. The summed E-state index contributed by atoms with van der Waals surface area (Å²) in [6.07, 6.45) is 0.372. The van der Waals surface area contributed by atoms with Crippen molar-refractivity contribution in [3.8, 4) is 11.5 Å². The second kappa shape index (κ2) is 7.91. The zero-order chi connectivity index (χ0) is 18.5. The lowest BCUT2D eigenvalue weighted by Gasteiger charge is -2.16. The average Bonchev–Trinajstić information content (AvgIpc) is 3.10. The highest BCUT2D eigenvalue weighted by atomic mass is 19.1. The standard InChI is InChI=1S/C20H20FN3O2/c1-13(2)12-17(25)22-18(14-8-10-16(21)11-9-14)20-24-23-19(26-20)15-6-4-3-5-7-15/h3-11,13,18H,12H2,1-2H3,(H,22,25). The van der Waals surface area contributed by atoms with Gasteiger partial charge in [0.2, 0.25) is 17.7 Å². The van der Waals surface area contributed by atoms with Crippen LogP contribution in [0.1, 0.15) is 37.8 Å². The van der Waals surface area contributed by atoms with E-state index in [9.17, 15) is 9.18 Å². The second-order valence-electron chi connectivity index (χ2n) is 6.46. The molecule has 3 rings (SSSR count). The number of carbonyl (C=O) groups excluding carboxylic acids is 1. The molecule has 0 radical (unpaired) electrons. The van der Waals surface area contributed by atoms with Gasteiger partial charge in [0.15, 0.2) is 0 Å². The zero-order valence-corrected chi connectivity index (χ0v) is 14.6. The Hall–Kier alpha value is -3.02. The summed E-state index contributed by atoms with van der Waals surface area (Å²) < 4.78 is 19.1. The molecule has 1 unspecified atom stereocenters. The summed E-state index contributed by atoms with van der Waals surface area (Å²) in [6.45, 7) is 3.93. The number of nitrogens with one attached hydrogen (secondary N) is 1. The first kappa shape index (κ1) is 17.8. The van der Waals surface area contributed by atoms with Crippen molar-refractivity contribution in [3.05, 3.63) is 71.9 Å². The number of benzene rings is 2. The Morgan fingerprint density at radius 3 is 2.42 bits per heavy atom. The molecule has 2 aromatic carbocycles. The van der Waals surface area contributed by atoms with Crippen molar-refractivity contribution < 1.29 is 13.6 Å². The Bertz CT molecular complexity index is 860. The Morgan fingerprint density at radius 2 is 1.77 bits per heavy atom. The van der Waals surface area contributed by atoms with Crippen LogP contribution in [0.3, 0.4) is 0 Å². The molecular weight excluding hydrogens is 333 g/mol. The number of carbonyl (C=O) groups is 1. The maximum atomic E-state index is 13.3. The highest BCUT2D eigenvalue weighted by Gasteiger charge is 2.23. The highest BCUT2D eigenvalue weighted by molar-refractivity contribution is 5.77. The van der Waals surface area contributed by atoms with Crippen LogP contribution >= 0.6 is 0 Å². The van der Waals surface area contributed by atoms with Crippen LogP contribution in [0.5, 0.6) is 0 Å². The van der Waals surface area contributed by atoms with Crippen molar-refractivity contribution in [1.82, 2.24) is 15.5 Å². The van der Waals surface area contributed by atoms with E-state index in [1.54, 1.807) is 12.1 Å². The van der Waals surface area contributed by atoms with Crippen LogP contribution in [0.15, 0.2) is 59.0 Å². The van der Waals surface area contributed by atoms with E-state index < -0.39 is 6.04 Å². The average molecular weight is 353 g/mol. The number of hydrogen-bond donors (Lipinski definition) is 1. The van der Waals surface area contributed by atoms with Crippen LogP contribution in [0.2, 0.25) is 0 Å². The molecule has 1 amide bonds. The Kier molecular flexibility index (Phi) is 5.41. The van der Waals surface area contributed by atoms with Gasteiger partial charge >= 0.3 is 0 Å². The molecule has 0 aliphatic heterocycles. The first-order chi connectivity index (χ1) is 12.5. The molecule has 5 nitrogen and oxygen atoms in total. The topological polar surface area (TPSA) is 68.0 Å². The Labute approximate surface area is 151 Å². The van der Waals surface area contributed by atoms with Crippen molar-refractivity contribution in [3.63, 3.8) is 0 Å². The molecule has 0 saturated carbocycles. The van der Waals surface area contributed by atoms with E-state index in [1.165, 1.54) is 12.1 Å². The molecule has 3 aromatic rings. The molecule has 0 spiro atoms. The van der Waals surface area contributed by atoms with Crippen LogP contribution in [0.4, 0.5) is 4.39 Å². The smallest absolute Gasteiger partial charge is 0.247 e. The highest BCUT2D eigenvalue weighted by Crippen LogP contribution is 2.25. The summed E-state index contributed by atoms with van der Waals surface area (Å²) >= 11 is 0. The third kappa shape index (κ3) is 4.33. The van der Waals surface area contributed by atoms with Crippen LogP contribution in [0.25, 0.3) is 11.5 Å². The summed E-state index contributed by atoms with van der Waals surface area (Å²) in [7, 11) is 0. The minimum Gasteiger partial charge on any atom is -0.418 e. The van der Waals surface area contributed by atoms with Gasteiger partial charge in [0.05, 0.1) is 0 Å². The maximum absolute atomic E-state index is 13.3. The quantitative estimate of drug-likeness (QED) is 0.723. The molecule has 1 N–H and O–H groups in total. The van der Waals surface area contributed by atoms with E-state index in [0.717, 1.165) is 5.56 Å². The van der Waals surface area contributed by atoms with Crippen LogP contribution < -0.4 is 5.32 Å². The third-order valence-electron chi connectivity index (χ3n) is 3.81. The Balaban J connectivity index is 1.91. The lowest BCUT2D eigenvalue weighted by Crippen LogP contribution is -2.30. The van der Waals surface area contributed by atoms with Gasteiger partial charge in [-0.1, -0.05) is 44.2 Å².